The molecule has 0 aromatic rings. The van der Waals surface area contributed by atoms with Crippen molar-refractivity contribution in [3.63, 3.8) is 0 Å². The highest BCUT2D eigenvalue weighted by Crippen LogP contribution is 2.54. The van der Waals surface area contributed by atoms with Gasteiger partial charge in [0.05, 0.1) is 0 Å². The highest BCUT2D eigenvalue weighted by atomic mass is 14.5. The molecule has 0 heterocycles. The van der Waals surface area contributed by atoms with Gasteiger partial charge in [-0.1, -0.05) is 20.3 Å². The van der Waals surface area contributed by atoms with Crippen LogP contribution >= 0.6 is 0 Å². The first-order valence-electron chi connectivity index (χ1n) is 4.71. The lowest BCUT2D eigenvalue weighted by Gasteiger charge is -2.37. The first kappa shape index (κ1) is 6.69. The SMILES string of the molecule is CC1(C)C2CCCC1CC2. The van der Waals surface area contributed by atoms with Crippen LogP contribution in [0.5, 0.6) is 0 Å². The van der Waals surface area contributed by atoms with Gasteiger partial charge in [-0.2, -0.15) is 0 Å². The van der Waals surface area contributed by atoms with Crippen molar-refractivity contribution in [1.82, 2.24) is 0 Å². The maximum atomic E-state index is 2.48. The summed E-state index contributed by atoms with van der Waals surface area (Å²) in [5.41, 5.74) is 0.707. The molecule has 0 aromatic heterocycles. The molecular formula is C10H18. The Bertz CT molecular complexity index is 117. The van der Waals surface area contributed by atoms with Crippen molar-refractivity contribution in [2.75, 3.05) is 0 Å². The molecule has 2 aliphatic carbocycles. The normalized spacial score (nSPS) is 43.8. The van der Waals surface area contributed by atoms with Crippen molar-refractivity contribution in [3.8, 4) is 0 Å². The van der Waals surface area contributed by atoms with Crippen molar-refractivity contribution >= 4 is 0 Å². The summed E-state index contributed by atoms with van der Waals surface area (Å²) in [7, 11) is 0. The molecule has 2 saturated carbocycles. The number of hydrogen-bond acceptors (Lipinski definition) is 0. The van der Waals surface area contributed by atoms with Crippen LogP contribution in [-0.2, 0) is 0 Å². The van der Waals surface area contributed by atoms with Crippen LogP contribution in [-0.4, -0.2) is 0 Å². The lowest BCUT2D eigenvalue weighted by atomic mass is 9.68. The summed E-state index contributed by atoms with van der Waals surface area (Å²) in [5, 5.41) is 0. The first-order valence-corrected chi connectivity index (χ1v) is 4.71. The van der Waals surface area contributed by atoms with Crippen LogP contribution in [0.25, 0.3) is 0 Å². The third kappa shape index (κ3) is 0.741. The minimum Gasteiger partial charge on any atom is -0.0594 e. The van der Waals surface area contributed by atoms with Gasteiger partial charge < -0.3 is 0 Å². The molecule has 2 unspecified atom stereocenters. The van der Waals surface area contributed by atoms with E-state index in [1.54, 1.807) is 0 Å². The van der Waals surface area contributed by atoms with E-state index in [9.17, 15) is 0 Å². The highest BCUT2D eigenvalue weighted by Gasteiger charge is 2.44. The first-order chi connectivity index (χ1) is 4.71. The van der Waals surface area contributed by atoms with Gasteiger partial charge in [0.2, 0.25) is 0 Å². The molecule has 0 aliphatic heterocycles. The topological polar surface area (TPSA) is 0 Å². The second-order valence-electron chi connectivity index (χ2n) is 4.72. The van der Waals surface area contributed by atoms with E-state index in [2.05, 4.69) is 13.8 Å². The van der Waals surface area contributed by atoms with Crippen LogP contribution < -0.4 is 0 Å². The van der Waals surface area contributed by atoms with Gasteiger partial charge >= 0.3 is 0 Å². The summed E-state index contributed by atoms with van der Waals surface area (Å²) in [5.74, 6) is 2.15. The van der Waals surface area contributed by atoms with Gasteiger partial charge in [0.1, 0.15) is 0 Å². The predicted octanol–water partition coefficient (Wildman–Crippen LogP) is 3.22. The molecule has 2 aliphatic rings. The van der Waals surface area contributed by atoms with Crippen LogP contribution in [0.15, 0.2) is 0 Å². The zero-order valence-electron chi connectivity index (χ0n) is 7.19. The molecule has 0 nitrogen and oxygen atoms in total. The fourth-order valence-corrected chi connectivity index (χ4v) is 3.12. The Morgan fingerprint density at radius 2 is 1.40 bits per heavy atom. The fraction of sp³-hybridized carbons (Fsp3) is 1.00. The van der Waals surface area contributed by atoms with Crippen LogP contribution in [0.2, 0.25) is 0 Å². The van der Waals surface area contributed by atoms with Crippen LogP contribution in [0.1, 0.15) is 46.0 Å². The number of rotatable bonds is 0. The van der Waals surface area contributed by atoms with Gasteiger partial charge in [0.25, 0.3) is 0 Å². The smallest absolute Gasteiger partial charge is 0.0298 e. The zero-order chi connectivity index (χ0) is 7.19. The van der Waals surface area contributed by atoms with Gasteiger partial charge in [-0.05, 0) is 42.9 Å². The van der Waals surface area contributed by atoms with Crippen molar-refractivity contribution in [2.24, 2.45) is 17.3 Å². The second-order valence-corrected chi connectivity index (χ2v) is 4.72. The molecule has 2 fully saturated rings. The number of fused-ring (bicyclic) bond motifs is 2. The molecule has 2 atom stereocenters. The van der Waals surface area contributed by atoms with Crippen molar-refractivity contribution in [3.05, 3.63) is 0 Å². The van der Waals surface area contributed by atoms with E-state index in [0.717, 1.165) is 11.8 Å². The van der Waals surface area contributed by atoms with E-state index in [-0.39, 0.29) is 0 Å². The van der Waals surface area contributed by atoms with Gasteiger partial charge in [-0.3, -0.25) is 0 Å². The molecule has 2 rings (SSSR count). The maximum Gasteiger partial charge on any atom is -0.0298 e. The van der Waals surface area contributed by atoms with Gasteiger partial charge in [-0.25, -0.2) is 0 Å². The Morgan fingerprint density at radius 1 is 0.900 bits per heavy atom. The van der Waals surface area contributed by atoms with E-state index >= 15 is 0 Å². The minimum atomic E-state index is 0.707. The van der Waals surface area contributed by atoms with Crippen molar-refractivity contribution in [1.29, 1.82) is 0 Å². The van der Waals surface area contributed by atoms with E-state index < -0.39 is 0 Å². The standard InChI is InChI=1S/C10H18/c1-10(2)8-4-3-5-9(10)7-6-8/h8-9H,3-7H2,1-2H3. The van der Waals surface area contributed by atoms with E-state index in [1.165, 1.54) is 32.1 Å². The average molecular weight is 138 g/mol. The van der Waals surface area contributed by atoms with Gasteiger partial charge in [-0.15, -0.1) is 0 Å². The Balaban J connectivity index is 2.21. The molecule has 0 radical (unpaired) electrons. The van der Waals surface area contributed by atoms with Crippen LogP contribution in [0, 0.1) is 17.3 Å². The Morgan fingerprint density at radius 3 is 1.80 bits per heavy atom. The second kappa shape index (κ2) is 1.99. The molecule has 2 bridgehead atoms. The third-order valence-electron chi connectivity index (χ3n) is 4.07. The summed E-state index contributed by atoms with van der Waals surface area (Å²) < 4.78 is 0. The third-order valence-corrected chi connectivity index (χ3v) is 4.07. The molecule has 0 spiro atoms. The van der Waals surface area contributed by atoms with Crippen molar-refractivity contribution < 1.29 is 0 Å². The summed E-state index contributed by atoms with van der Waals surface area (Å²) in [6, 6.07) is 0. The Kier molecular flexibility index (Phi) is 1.33. The zero-order valence-corrected chi connectivity index (χ0v) is 7.19. The molecule has 0 heteroatoms. The summed E-state index contributed by atoms with van der Waals surface area (Å²) in [4.78, 5) is 0. The molecule has 58 valence electrons. The summed E-state index contributed by atoms with van der Waals surface area (Å²) >= 11 is 0. The predicted molar refractivity (Wildman–Crippen MR) is 43.8 cm³/mol. The van der Waals surface area contributed by atoms with Crippen molar-refractivity contribution in [2.45, 2.75) is 46.0 Å². The fourth-order valence-electron chi connectivity index (χ4n) is 3.12. The lowest BCUT2D eigenvalue weighted by molar-refractivity contribution is 0.126. The molecule has 10 heavy (non-hydrogen) atoms. The Labute approximate surface area is 64.0 Å². The maximum absolute atomic E-state index is 2.48. The van der Waals surface area contributed by atoms with E-state index in [4.69, 9.17) is 0 Å². The van der Waals surface area contributed by atoms with Crippen LogP contribution in [0.4, 0.5) is 0 Å². The lowest BCUT2D eigenvalue weighted by Crippen LogP contribution is -2.28. The Hall–Kier alpha value is 0. The summed E-state index contributed by atoms with van der Waals surface area (Å²) in [6.45, 7) is 4.96. The monoisotopic (exact) mass is 138 g/mol. The van der Waals surface area contributed by atoms with Gasteiger partial charge in [0.15, 0.2) is 0 Å². The average Bonchev–Trinajstić information content (AvgIpc) is 2.17. The minimum absolute atomic E-state index is 0.707. The largest absolute Gasteiger partial charge is 0.0594 e. The quantitative estimate of drug-likeness (QED) is 0.482. The summed E-state index contributed by atoms with van der Waals surface area (Å²) in [6.07, 6.45) is 7.60. The number of hydrogen-bond donors (Lipinski definition) is 0. The molecule has 0 amide bonds. The van der Waals surface area contributed by atoms with E-state index in [1.807, 2.05) is 0 Å². The van der Waals surface area contributed by atoms with Crippen LogP contribution in [0.3, 0.4) is 0 Å². The van der Waals surface area contributed by atoms with E-state index in [0.29, 0.717) is 5.41 Å². The molecule has 0 saturated heterocycles. The van der Waals surface area contributed by atoms with Gasteiger partial charge in [0, 0.05) is 0 Å². The highest BCUT2D eigenvalue weighted by molar-refractivity contribution is 4.94. The molecule has 0 N–H and O–H groups in total. The molecule has 0 aromatic carbocycles. The molecular weight excluding hydrogens is 120 g/mol.